The zero-order chi connectivity index (χ0) is 12.8. The summed E-state index contributed by atoms with van der Waals surface area (Å²) in [5.41, 5.74) is 0. The molecule has 3 heterocycles. The molecular weight excluding hydrogens is 232 g/mol. The van der Waals surface area contributed by atoms with Crippen LogP contribution in [0, 0.1) is 5.92 Å². The number of nitrogens with one attached hydrogen (secondary N) is 1. The van der Waals surface area contributed by atoms with Crippen molar-refractivity contribution in [2.45, 2.75) is 25.0 Å². The summed E-state index contributed by atoms with van der Waals surface area (Å²) in [5.74, 6) is 0.802. The molecule has 18 heavy (non-hydrogen) atoms. The van der Waals surface area contributed by atoms with Crippen LogP contribution in [-0.4, -0.2) is 75.3 Å². The van der Waals surface area contributed by atoms with Gasteiger partial charge in [-0.3, -0.25) is 0 Å². The van der Waals surface area contributed by atoms with Gasteiger partial charge in [0.05, 0.1) is 25.9 Å². The van der Waals surface area contributed by atoms with Crippen LogP contribution in [0.1, 0.15) is 12.8 Å². The molecule has 2 bridgehead atoms. The van der Waals surface area contributed by atoms with Crippen LogP contribution in [0.2, 0.25) is 0 Å². The minimum atomic E-state index is -0.419. The van der Waals surface area contributed by atoms with Crippen LogP contribution in [0.25, 0.3) is 0 Å². The van der Waals surface area contributed by atoms with Gasteiger partial charge in [-0.2, -0.15) is 0 Å². The Labute approximate surface area is 109 Å². The fraction of sp³-hybridized carbons (Fsp3) is 1.00. The Hall–Kier alpha value is -0.200. The average molecular weight is 258 g/mol. The number of aliphatic hydroxyl groups excluding tert-OH is 1. The molecule has 0 aliphatic carbocycles. The number of hydrogen-bond acceptors (Lipinski definition) is 5. The maximum atomic E-state index is 9.81. The van der Waals surface area contributed by atoms with Gasteiger partial charge < -0.3 is 24.8 Å². The molecule has 2 atom stereocenters. The van der Waals surface area contributed by atoms with Crippen LogP contribution in [0.15, 0.2) is 0 Å². The van der Waals surface area contributed by atoms with E-state index in [0.29, 0.717) is 32.4 Å². The second-order valence-electron chi connectivity index (χ2n) is 5.37. The Kier molecular flexibility index (Phi) is 5.85. The third-order valence-electron chi connectivity index (χ3n) is 4.01. The van der Waals surface area contributed by atoms with Gasteiger partial charge in [0, 0.05) is 26.2 Å². The number of methoxy groups -OCH3 is 1. The van der Waals surface area contributed by atoms with Crippen molar-refractivity contribution in [1.29, 1.82) is 0 Å². The van der Waals surface area contributed by atoms with Gasteiger partial charge in [0.15, 0.2) is 0 Å². The Balaban J connectivity index is 1.56. The molecule has 3 rings (SSSR count). The minimum Gasteiger partial charge on any atom is -0.389 e. The molecule has 3 aliphatic rings. The highest BCUT2D eigenvalue weighted by molar-refractivity contribution is 4.91. The smallest absolute Gasteiger partial charge is 0.0897 e. The van der Waals surface area contributed by atoms with E-state index in [9.17, 15) is 5.11 Å². The van der Waals surface area contributed by atoms with E-state index in [0.717, 1.165) is 12.5 Å². The van der Waals surface area contributed by atoms with Crippen molar-refractivity contribution in [2.75, 3.05) is 53.1 Å². The first-order chi connectivity index (χ1) is 8.79. The standard InChI is InChI=1S/C13H26N2O3/c1-17-6-7-18-10-12(16)8-14-13-9-15-4-2-11(13)3-5-15/h11-14,16H,2-10H2,1H3. The predicted octanol–water partition coefficient (Wildman–Crippen LogP) is -0.306. The monoisotopic (exact) mass is 258 g/mol. The topological polar surface area (TPSA) is 54.0 Å². The zero-order valence-electron chi connectivity index (χ0n) is 11.3. The molecule has 0 spiro atoms. The molecule has 0 amide bonds. The van der Waals surface area contributed by atoms with Gasteiger partial charge in [-0.15, -0.1) is 0 Å². The lowest BCUT2D eigenvalue weighted by Crippen LogP contribution is -2.57. The van der Waals surface area contributed by atoms with Crippen LogP contribution >= 0.6 is 0 Å². The number of fused-ring (bicyclic) bond motifs is 3. The quantitative estimate of drug-likeness (QED) is 0.585. The van der Waals surface area contributed by atoms with Crippen molar-refractivity contribution in [1.82, 2.24) is 10.2 Å². The highest BCUT2D eigenvalue weighted by atomic mass is 16.5. The highest BCUT2D eigenvalue weighted by Crippen LogP contribution is 2.27. The molecule has 0 saturated carbocycles. The van der Waals surface area contributed by atoms with E-state index in [1.165, 1.54) is 25.9 Å². The summed E-state index contributed by atoms with van der Waals surface area (Å²) < 4.78 is 10.2. The third kappa shape index (κ3) is 4.17. The van der Waals surface area contributed by atoms with Crippen LogP contribution < -0.4 is 5.32 Å². The fourth-order valence-electron chi connectivity index (χ4n) is 2.90. The Morgan fingerprint density at radius 1 is 1.33 bits per heavy atom. The van der Waals surface area contributed by atoms with E-state index in [2.05, 4.69) is 10.2 Å². The summed E-state index contributed by atoms with van der Waals surface area (Å²) in [5, 5.41) is 13.3. The number of nitrogens with zero attached hydrogens (tertiary/aromatic N) is 1. The van der Waals surface area contributed by atoms with Crippen LogP contribution in [0.3, 0.4) is 0 Å². The minimum absolute atomic E-state index is 0.386. The molecule has 3 saturated heterocycles. The second kappa shape index (κ2) is 7.40. The van der Waals surface area contributed by atoms with Crippen molar-refractivity contribution < 1.29 is 14.6 Å². The largest absolute Gasteiger partial charge is 0.389 e. The molecule has 5 nitrogen and oxygen atoms in total. The lowest BCUT2D eigenvalue weighted by Gasteiger charge is -2.45. The molecule has 2 unspecified atom stereocenters. The maximum absolute atomic E-state index is 9.81. The molecule has 5 heteroatoms. The van der Waals surface area contributed by atoms with Crippen molar-refractivity contribution in [3.8, 4) is 0 Å². The van der Waals surface area contributed by atoms with E-state index < -0.39 is 6.10 Å². The summed E-state index contributed by atoms with van der Waals surface area (Å²) in [6.45, 7) is 5.80. The normalized spacial score (nSPS) is 32.7. The molecule has 3 aliphatic heterocycles. The Morgan fingerprint density at radius 3 is 2.72 bits per heavy atom. The van der Waals surface area contributed by atoms with Crippen LogP contribution in [0.5, 0.6) is 0 Å². The van der Waals surface area contributed by atoms with Crippen molar-refractivity contribution >= 4 is 0 Å². The summed E-state index contributed by atoms with van der Waals surface area (Å²) in [4.78, 5) is 2.51. The molecule has 3 fully saturated rings. The number of piperidine rings is 3. The molecule has 2 N–H and O–H groups in total. The summed E-state index contributed by atoms with van der Waals surface area (Å²) in [7, 11) is 1.65. The fourth-order valence-corrected chi connectivity index (χ4v) is 2.90. The molecule has 0 aromatic heterocycles. The van der Waals surface area contributed by atoms with Gasteiger partial charge in [-0.05, 0) is 31.8 Å². The first-order valence-corrected chi connectivity index (χ1v) is 7.00. The van der Waals surface area contributed by atoms with Gasteiger partial charge in [-0.1, -0.05) is 0 Å². The average Bonchev–Trinajstić information content (AvgIpc) is 2.43. The van der Waals surface area contributed by atoms with E-state index >= 15 is 0 Å². The lowest BCUT2D eigenvalue weighted by atomic mass is 9.84. The second-order valence-corrected chi connectivity index (χ2v) is 5.37. The van der Waals surface area contributed by atoms with E-state index in [1.54, 1.807) is 7.11 Å². The van der Waals surface area contributed by atoms with Gasteiger partial charge >= 0.3 is 0 Å². The number of rotatable bonds is 8. The van der Waals surface area contributed by atoms with Crippen molar-refractivity contribution in [3.05, 3.63) is 0 Å². The van der Waals surface area contributed by atoms with Gasteiger partial charge in [0.2, 0.25) is 0 Å². The number of aliphatic hydroxyl groups is 1. The summed E-state index contributed by atoms with van der Waals surface area (Å²) in [6, 6.07) is 0.557. The molecule has 0 aromatic carbocycles. The van der Waals surface area contributed by atoms with E-state index in [4.69, 9.17) is 9.47 Å². The molecule has 0 aromatic rings. The third-order valence-corrected chi connectivity index (χ3v) is 4.01. The Bertz CT molecular complexity index is 232. The lowest BCUT2D eigenvalue weighted by molar-refractivity contribution is 0.00715. The van der Waals surface area contributed by atoms with Crippen molar-refractivity contribution in [3.63, 3.8) is 0 Å². The van der Waals surface area contributed by atoms with E-state index in [-0.39, 0.29) is 0 Å². The van der Waals surface area contributed by atoms with Crippen molar-refractivity contribution in [2.24, 2.45) is 5.92 Å². The first kappa shape index (κ1) is 14.2. The predicted molar refractivity (Wildman–Crippen MR) is 69.7 cm³/mol. The summed E-state index contributed by atoms with van der Waals surface area (Å²) in [6.07, 6.45) is 2.19. The van der Waals surface area contributed by atoms with E-state index in [1.807, 2.05) is 0 Å². The Morgan fingerprint density at radius 2 is 2.11 bits per heavy atom. The molecular formula is C13H26N2O3. The number of hydrogen-bond donors (Lipinski definition) is 2. The maximum Gasteiger partial charge on any atom is 0.0897 e. The van der Waals surface area contributed by atoms with Gasteiger partial charge in [0.25, 0.3) is 0 Å². The molecule has 106 valence electrons. The van der Waals surface area contributed by atoms with Gasteiger partial charge in [-0.25, -0.2) is 0 Å². The molecule has 0 radical (unpaired) electrons. The van der Waals surface area contributed by atoms with Crippen LogP contribution in [-0.2, 0) is 9.47 Å². The highest BCUT2D eigenvalue weighted by Gasteiger charge is 2.33. The number of ether oxygens (including phenoxy) is 2. The SMILES string of the molecule is COCCOCC(O)CNC1CN2CCC1CC2. The van der Waals surface area contributed by atoms with Crippen LogP contribution in [0.4, 0.5) is 0 Å². The van der Waals surface area contributed by atoms with Gasteiger partial charge in [0.1, 0.15) is 0 Å². The first-order valence-electron chi connectivity index (χ1n) is 7.00. The summed E-state index contributed by atoms with van der Waals surface area (Å²) >= 11 is 0. The zero-order valence-corrected chi connectivity index (χ0v) is 11.3.